The number of amides is 2. The van der Waals surface area contributed by atoms with Gasteiger partial charge >= 0.3 is 0 Å². The molecule has 0 heterocycles. The second kappa shape index (κ2) is 6.87. The van der Waals surface area contributed by atoms with Crippen molar-refractivity contribution in [3.05, 3.63) is 59.7 Å². The molecule has 0 aliphatic carbocycles. The zero-order valence-electron chi connectivity index (χ0n) is 12.5. The van der Waals surface area contributed by atoms with Crippen molar-refractivity contribution in [1.29, 1.82) is 0 Å². The van der Waals surface area contributed by atoms with E-state index >= 15 is 0 Å². The molecule has 2 aromatic carbocycles. The van der Waals surface area contributed by atoms with Gasteiger partial charge in [-0.2, -0.15) is 0 Å². The van der Waals surface area contributed by atoms with Crippen molar-refractivity contribution in [2.75, 3.05) is 14.1 Å². The second-order valence-corrected chi connectivity index (χ2v) is 5.18. The number of hydroxylamine groups is 1. The summed E-state index contributed by atoms with van der Waals surface area (Å²) in [7, 11) is 3.47. The molecular weight excluding hydrogens is 280 g/mol. The number of carbonyl (C=O) groups is 2. The molecule has 2 N–H and O–H groups in total. The maximum absolute atomic E-state index is 11.8. The number of benzene rings is 2. The van der Waals surface area contributed by atoms with E-state index in [9.17, 15) is 9.59 Å². The summed E-state index contributed by atoms with van der Waals surface area (Å²) < 4.78 is 0. The molecule has 0 aliphatic heterocycles. The van der Waals surface area contributed by atoms with Crippen molar-refractivity contribution in [2.45, 2.75) is 6.42 Å². The van der Waals surface area contributed by atoms with Gasteiger partial charge in [-0.05, 0) is 28.8 Å². The molecule has 0 aromatic heterocycles. The predicted molar refractivity (Wildman–Crippen MR) is 83.5 cm³/mol. The normalized spacial score (nSPS) is 10.1. The molecule has 0 fully saturated rings. The van der Waals surface area contributed by atoms with Crippen molar-refractivity contribution >= 4 is 11.8 Å². The van der Waals surface area contributed by atoms with Crippen molar-refractivity contribution in [2.24, 2.45) is 0 Å². The molecular formula is C17H18N2O3. The number of nitrogens with zero attached hydrogens (tertiary/aromatic N) is 1. The third kappa shape index (κ3) is 3.71. The number of nitrogens with one attached hydrogen (secondary N) is 1. The molecule has 5 nitrogen and oxygen atoms in total. The summed E-state index contributed by atoms with van der Waals surface area (Å²) in [4.78, 5) is 24.6. The van der Waals surface area contributed by atoms with Crippen LogP contribution in [-0.4, -0.2) is 36.0 Å². The van der Waals surface area contributed by atoms with Crippen molar-refractivity contribution < 1.29 is 14.8 Å². The highest BCUT2D eigenvalue weighted by atomic mass is 16.5. The molecule has 5 heteroatoms. The van der Waals surface area contributed by atoms with E-state index < -0.39 is 5.91 Å². The Morgan fingerprint density at radius 3 is 2.32 bits per heavy atom. The van der Waals surface area contributed by atoms with Gasteiger partial charge in [0.2, 0.25) is 5.91 Å². The van der Waals surface area contributed by atoms with E-state index in [1.165, 1.54) is 0 Å². The summed E-state index contributed by atoms with van der Waals surface area (Å²) in [6, 6.07) is 14.6. The van der Waals surface area contributed by atoms with Crippen LogP contribution in [0.3, 0.4) is 0 Å². The molecule has 2 amide bonds. The van der Waals surface area contributed by atoms with Crippen LogP contribution in [0, 0.1) is 0 Å². The smallest absolute Gasteiger partial charge is 0.274 e. The Bertz CT molecular complexity index is 679. The number of likely N-dealkylation sites (N-methyl/N-ethyl adjacent to an activating group) is 1. The van der Waals surface area contributed by atoms with E-state index in [0.29, 0.717) is 12.0 Å². The van der Waals surface area contributed by atoms with E-state index in [0.717, 1.165) is 16.7 Å². The first-order valence-corrected chi connectivity index (χ1v) is 6.85. The average Bonchev–Trinajstić information content (AvgIpc) is 2.54. The van der Waals surface area contributed by atoms with Gasteiger partial charge in [0.25, 0.3) is 5.91 Å². The van der Waals surface area contributed by atoms with E-state index in [2.05, 4.69) is 0 Å². The van der Waals surface area contributed by atoms with Gasteiger partial charge in [0.1, 0.15) is 0 Å². The van der Waals surface area contributed by atoms with Gasteiger partial charge in [0.05, 0.1) is 6.42 Å². The van der Waals surface area contributed by atoms with E-state index in [1.54, 1.807) is 48.7 Å². The number of hydrogen-bond donors (Lipinski definition) is 2. The molecule has 114 valence electrons. The molecule has 2 aromatic rings. The van der Waals surface area contributed by atoms with Gasteiger partial charge < -0.3 is 4.90 Å². The van der Waals surface area contributed by atoms with Gasteiger partial charge in [0, 0.05) is 19.7 Å². The molecule has 0 saturated heterocycles. The minimum absolute atomic E-state index is 0.0483. The Kier molecular flexibility index (Phi) is 4.91. The fourth-order valence-corrected chi connectivity index (χ4v) is 2.07. The summed E-state index contributed by atoms with van der Waals surface area (Å²) in [5.41, 5.74) is 4.83. The highest BCUT2D eigenvalue weighted by molar-refractivity contribution is 5.93. The zero-order chi connectivity index (χ0) is 16.1. The molecule has 22 heavy (non-hydrogen) atoms. The van der Waals surface area contributed by atoms with Crippen LogP contribution in [0.2, 0.25) is 0 Å². The van der Waals surface area contributed by atoms with Gasteiger partial charge in [-0.25, -0.2) is 5.48 Å². The lowest BCUT2D eigenvalue weighted by molar-refractivity contribution is -0.127. The minimum Gasteiger partial charge on any atom is -0.349 e. The number of rotatable bonds is 4. The summed E-state index contributed by atoms with van der Waals surface area (Å²) >= 11 is 0. The monoisotopic (exact) mass is 298 g/mol. The Balaban J connectivity index is 2.22. The lowest BCUT2D eigenvalue weighted by Gasteiger charge is -2.11. The molecule has 0 saturated carbocycles. The van der Waals surface area contributed by atoms with Crippen LogP contribution in [0.15, 0.2) is 48.5 Å². The minimum atomic E-state index is -0.545. The lowest BCUT2D eigenvalue weighted by atomic mass is 10.0. The fraction of sp³-hybridized carbons (Fsp3) is 0.176. The van der Waals surface area contributed by atoms with E-state index in [-0.39, 0.29) is 5.91 Å². The fourth-order valence-electron chi connectivity index (χ4n) is 2.07. The standard InChI is InChI=1S/C17H18N2O3/c1-19(2)16(20)11-12-4-3-5-15(10-12)13-6-8-14(9-7-13)17(21)18-22/h3-10,22H,11H2,1-2H3,(H,18,21). The molecule has 0 bridgehead atoms. The third-order valence-electron chi connectivity index (χ3n) is 3.36. The Morgan fingerprint density at radius 2 is 1.73 bits per heavy atom. The quantitative estimate of drug-likeness (QED) is 0.671. The van der Waals surface area contributed by atoms with Crippen LogP contribution < -0.4 is 5.48 Å². The van der Waals surface area contributed by atoms with E-state index in [1.807, 2.05) is 24.3 Å². The van der Waals surface area contributed by atoms with Gasteiger partial charge in [-0.15, -0.1) is 0 Å². The first-order valence-electron chi connectivity index (χ1n) is 6.85. The van der Waals surface area contributed by atoms with Crippen LogP contribution in [0.1, 0.15) is 15.9 Å². The van der Waals surface area contributed by atoms with Crippen LogP contribution in [-0.2, 0) is 11.2 Å². The van der Waals surface area contributed by atoms with Gasteiger partial charge in [-0.1, -0.05) is 36.4 Å². The third-order valence-corrected chi connectivity index (χ3v) is 3.36. The average molecular weight is 298 g/mol. The predicted octanol–water partition coefficient (Wildman–Crippen LogP) is 2.10. The summed E-state index contributed by atoms with van der Waals surface area (Å²) in [6.07, 6.45) is 0.353. The van der Waals surface area contributed by atoms with Crippen LogP contribution in [0.25, 0.3) is 11.1 Å². The largest absolute Gasteiger partial charge is 0.349 e. The zero-order valence-corrected chi connectivity index (χ0v) is 12.5. The molecule has 2 rings (SSSR count). The first kappa shape index (κ1) is 15.7. The number of hydrogen-bond acceptors (Lipinski definition) is 3. The van der Waals surface area contributed by atoms with E-state index in [4.69, 9.17) is 5.21 Å². The molecule has 0 radical (unpaired) electrons. The molecule has 0 spiro atoms. The lowest BCUT2D eigenvalue weighted by Crippen LogP contribution is -2.23. The van der Waals surface area contributed by atoms with Crippen molar-refractivity contribution in [1.82, 2.24) is 10.4 Å². The van der Waals surface area contributed by atoms with Gasteiger partial charge in [0.15, 0.2) is 0 Å². The van der Waals surface area contributed by atoms with Crippen LogP contribution in [0.4, 0.5) is 0 Å². The first-order chi connectivity index (χ1) is 10.5. The Morgan fingerprint density at radius 1 is 1.05 bits per heavy atom. The summed E-state index contributed by atoms with van der Waals surface area (Å²) in [5, 5.41) is 8.60. The highest BCUT2D eigenvalue weighted by Gasteiger charge is 2.08. The molecule has 0 atom stereocenters. The van der Waals surface area contributed by atoms with Crippen LogP contribution in [0.5, 0.6) is 0 Å². The Hall–Kier alpha value is -2.66. The van der Waals surface area contributed by atoms with Crippen molar-refractivity contribution in [3.8, 4) is 11.1 Å². The topological polar surface area (TPSA) is 69.6 Å². The maximum Gasteiger partial charge on any atom is 0.274 e. The maximum atomic E-state index is 11.8. The van der Waals surface area contributed by atoms with Crippen LogP contribution >= 0.6 is 0 Å². The molecule has 0 unspecified atom stereocenters. The van der Waals surface area contributed by atoms with Crippen molar-refractivity contribution in [3.63, 3.8) is 0 Å². The SMILES string of the molecule is CN(C)C(=O)Cc1cccc(-c2ccc(C(=O)NO)cc2)c1. The molecule has 0 aliphatic rings. The Labute approximate surface area is 129 Å². The second-order valence-electron chi connectivity index (χ2n) is 5.18. The highest BCUT2D eigenvalue weighted by Crippen LogP contribution is 2.21. The summed E-state index contributed by atoms with van der Waals surface area (Å²) in [5.74, 6) is -0.496. The van der Waals surface area contributed by atoms with Gasteiger partial charge in [-0.3, -0.25) is 14.8 Å². The summed E-state index contributed by atoms with van der Waals surface area (Å²) in [6.45, 7) is 0. The number of carbonyl (C=O) groups excluding carboxylic acids is 2.